The lowest BCUT2D eigenvalue weighted by atomic mass is 10.7. The van der Waals surface area contributed by atoms with Crippen LogP contribution in [0.15, 0.2) is 0 Å². The summed E-state index contributed by atoms with van der Waals surface area (Å²) in [6.07, 6.45) is -0.153. The van der Waals surface area contributed by atoms with Crippen molar-refractivity contribution in [3.63, 3.8) is 0 Å². The first kappa shape index (κ1) is 12.8. The minimum absolute atomic E-state index is 0. The number of hydrogen-bond acceptors (Lipinski definition) is 4. The fourth-order valence-corrected chi connectivity index (χ4v) is 0.816. The van der Waals surface area contributed by atoms with E-state index in [4.69, 9.17) is 5.11 Å². The van der Waals surface area contributed by atoms with Gasteiger partial charge in [0.15, 0.2) is 0 Å². The lowest BCUT2D eigenvalue weighted by Crippen LogP contribution is -2.26. The summed E-state index contributed by atoms with van der Waals surface area (Å²) in [5.41, 5.74) is 0. The van der Waals surface area contributed by atoms with Crippen LogP contribution in [0.3, 0.4) is 0 Å². The molecular weight excluding hydrogens is 172 g/mol. The Kier molecular flexibility index (Phi) is 5.73. The second-order valence-corrected chi connectivity index (χ2v) is 4.12. The van der Waals surface area contributed by atoms with E-state index < -0.39 is 15.9 Å². The third-order valence-electron chi connectivity index (χ3n) is 0.749. The van der Waals surface area contributed by atoms with Crippen molar-refractivity contribution in [1.82, 2.24) is 11.5 Å². The molecule has 0 aliphatic heterocycles. The summed E-state index contributed by atoms with van der Waals surface area (Å²) in [6, 6.07) is 0. The van der Waals surface area contributed by atoms with Gasteiger partial charge in [-0.15, -0.1) is 0 Å². The summed E-state index contributed by atoms with van der Waals surface area (Å²) in [6.45, 7) is -0.0475. The molecule has 0 radical (unpaired) electrons. The first-order chi connectivity index (χ1) is 4.42. The minimum atomic E-state index is -3.05. The lowest BCUT2D eigenvalue weighted by molar-refractivity contribution is 0.195. The van der Waals surface area contributed by atoms with Crippen LogP contribution in [-0.4, -0.2) is 38.2 Å². The number of carboxylic acid groups (broad SMARTS) is 1. The molecule has 0 atom stereocenters. The van der Waals surface area contributed by atoms with Crippen LogP contribution >= 0.6 is 0 Å². The van der Waals surface area contributed by atoms with Crippen LogP contribution in [0.4, 0.5) is 4.79 Å². The normalized spacial score (nSPS) is 9.91. The maximum Gasteiger partial charge on any atom is 0.404 e. The van der Waals surface area contributed by atoms with Gasteiger partial charge in [-0.25, -0.2) is 13.2 Å². The topological polar surface area (TPSA) is 118 Å². The molecule has 0 bridgehead atoms. The van der Waals surface area contributed by atoms with Crippen LogP contribution in [-0.2, 0) is 9.84 Å². The van der Waals surface area contributed by atoms with Crippen LogP contribution in [0.2, 0.25) is 0 Å². The van der Waals surface area contributed by atoms with Crippen molar-refractivity contribution < 1.29 is 18.3 Å². The summed E-state index contributed by atoms with van der Waals surface area (Å²) in [4.78, 5) is 9.78. The highest BCUT2D eigenvalue weighted by Gasteiger charge is 2.01. The van der Waals surface area contributed by atoms with Gasteiger partial charge in [-0.2, -0.15) is 0 Å². The predicted molar refractivity (Wildman–Crippen MR) is 40.8 cm³/mol. The van der Waals surface area contributed by atoms with Gasteiger partial charge in [0.05, 0.1) is 5.75 Å². The zero-order valence-corrected chi connectivity index (χ0v) is 7.02. The number of sulfone groups is 1. The van der Waals surface area contributed by atoms with Gasteiger partial charge in [0.2, 0.25) is 0 Å². The van der Waals surface area contributed by atoms with Gasteiger partial charge in [-0.1, -0.05) is 0 Å². The minimum Gasteiger partial charge on any atom is -0.465 e. The molecule has 68 valence electrons. The quantitative estimate of drug-likeness (QED) is 0.544. The molecule has 0 aliphatic carbocycles. The molecule has 0 aliphatic rings. The molecule has 7 heteroatoms. The van der Waals surface area contributed by atoms with Crippen molar-refractivity contribution in [3.05, 3.63) is 0 Å². The molecule has 0 spiro atoms. The molecular formula is C4H12N2O4S. The number of carbonyl (C=O) groups is 1. The highest BCUT2D eigenvalue weighted by atomic mass is 32.2. The van der Waals surface area contributed by atoms with E-state index in [0.29, 0.717) is 0 Å². The van der Waals surface area contributed by atoms with E-state index in [1.807, 2.05) is 5.32 Å². The molecule has 0 aromatic rings. The Labute approximate surface area is 65.1 Å². The zero-order valence-electron chi connectivity index (χ0n) is 6.20. The molecule has 11 heavy (non-hydrogen) atoms. The lowest BCUT2D eigenvalue weighted by Gasteiger charge is -1.96. The average Bonchev–Trinajstić information content (AvgIpc) is 1.59. The van der Waals surface area contributed by atoms with E-state index in [1.165, 1.54) is 0 Å². The third kappa shape index (κ3) is 12.4. The van der Waals surface area contributed by atoms with E-state index in [2.05, 4.69) is 0 Å². The number of rotatable bonds is 3. The van der Waals surface area contributed by atoms with E-state index in [1.54, 1.807) is 0 Å². The van der Waals surface area contributed by atoms with Gasteiger partial charge in [0.1, 0.15) is 9.84 Å². The van der Waals surface area contributed by atoms with Crippen LogP contribution in [0.1, 0.15) is 0 Å². The van der Waals surface area contributed by atoms with Crippen molar-refractivity contribution in [2.45, 2.75) is 0 Å². The van der Waals surface area contributed by atoms with Crippen LogP contribution < -0.4 is 11.5 Å². The fraction of sp³-hybridized carbons (Fsp3) is 0.750. The van der Waals surface area contributed by atoms with Crippen molar-refractivity contribution >= 4 is 15.9 Å². The Balaban J connectivity index is 0. The largest absolute Gasteiger partial charge is 0.465 e. The highest BCUT2D eigenvalue weighted by Crippen LogP contribution is 1.78. The summed E-state index contributed by atoms with van der Waals surface area (Å²) in [5.74, 6) is -0.153. The van der Waals surface area contributed by atoms with E-state index in [0.717, 1.165) is 6.26 Å². The number of hydrogen-bond donors (Lipinski definition) is 3. The molecule has 0 aromatic heterocycles. The van der Waals surface area contributed by atoms with E-state index >= 15 is 0 Å². The summed E-state index contributed by atoms with van der Waals surface area (Å²) in [7, 11) is -3.05. The number of nitrogens with one attached hydrogen (secondary N) is 1. The third-order valence-corrected chi connectivity index (χ3v) is 1.69. The second kappa shape index (κ2) is 4.91. The molecule has 1 amide bonds. The van der Waals surface area contributed by atoms with Crippen LogP contribution in [0, 0.1) is 0 Å². The standard InChI is InChI=1S/C4H9NO4S.H3N/c1-10(8,9)3-2-5-4(6)7;/h5H,2-3H2,1H3,(H,6,7);1H3. The first-order valence-corrected chi connectivity index (χ1v) is 4.62. The smallest absolute Gasteiger partial charge is 0.404 e. The Morgan fingerprint density at radius 1 is 1.55 bits per heavy atom. The first-order valence-electron chi connectivity index (χ1n) is 2.56. The van der Waals surface area contributed by atoms with Crippen molar-refractivity contribution in [3.8, 4) is 0 Å². The van der Waals surface area contributed by atoms with Crippen LogP contribution in [0.25, 0.3) is 0 Å². The molecule has 5 N–H and O–H groups in total. The van der Waals surface area contributed by atoms with E-state index in [-0.39, 0.29) is 18.4 Å². The molecule has 0 aromatic carbocycles. The monoisotopic (exact) mass is 184 g/mol. The average molecular weight is 184 g/mol. The van der Waals surface area contributed by atoms with Crippen LogP contribution in [0.5, 0.6) is 0 Å². The van der Waals surface area contributed by atoms with Gasteiger partial charge >= 0.3 is 6.09 Å². The second-order valence-electron chi connectivity index (χ2n) is 1.86. The predicted octanol–water partition coefficient (Wildman–Crippen LogP) is -0.539. The molecule has 0 unspecified atom stereocenters. The van der Waals surface area contributed by atoms with Gasteiger partial charge in [-0.3, -0.25) is 0 Å². The Morgan fingerprint density at radius 2 is 2.00 bits per heavy atom. The Morgan fingerprint density at radius 3 is 2.27 bits per heavy atom. The number of amides is 1. The highest BCUT2D eigenvalue weighted by molar-refractivity contribution is 7.90. The maximum absolute atomic E-state index is 10.4. The molecule has 0 saturated carbocycles. The molecule has 6 nitrogen and oxygen atoms in total. The summed E-state index contributed by atoms with van der Waals surface area (Å²) >= 11 is 0. The van der Waals surface area contributed by atoms with Gasteiger partial charge < -0.3 is 16.6 Å². The van der Waals surface area contributed by atoms with Crippen molar-refractivity contribution in [1.29, 1.82) is 0 Å². The Hall–Kier alpha value is -0.820. The van der Waals surface area contributed by atoms with Gasteiger partial charge in [-0.05, 0) is 0 Å². The molecule has 0 fully saturated rings. The summed E-state index contributed by atoms with van der Waals surface area (Å²) < 4.78 is 20.8. The SMILES string of the molecule is CS(=O)(=O)CCNC(=O)O.N. The summed E-state index contributed by atoms with van der Waals surface area (Å²) in [5, 5.41) is 9.94. The molecule has 0 saturated heterocycles. The van der Waals surface area contributed by atoms with E-state index in [9.17, 15) is 13.2 Å². The fourth-order valence-electron chi connectivity index (χ4n) is 0.343. The Bertz CT molecular complexity index is 210. The molecule has 0 rings (SSSR count). The molecule has 0 heterocycles. The maximum atomic E-state index is 10.4. The van der Waals surface area contributed by atoms with Gasteiger partial charge in [0.25, 0.3) is 0 Å². The van der Waals surface area contributed by atoms with Crippen molar-refractivity contribution in [2.75, 3.05) is 18.6 Å². The zero-order chi connectivity index (χ0) is 8.20. The van der Waals surface area contributed by atoms with Gasteiger partial charge in [0, 0.05) is 12.8 Å². The van der Waals surface area contributed by atoms with Crippen molar-refractivity contribution in [2.24, 2.45) is 0 Å².